The molecule has 2 fully saturated rings. The number of hydrogen-bond donors (Lipinski definition) is 1. The van der Waals surface area contributed by atoms with Crippen LogP contribution in [0.4, 0.5) is 0 Å². The molecule has 2 aliphatic heterocycles. The molecule has 0 bridgehead atoms. The Labute approximate surface area is 99.5 Å². The van der Waals surface area contributed by atoms with Crippen molar-refractivity contribution in [3.63, 3.8) is 0 Å². The molecule has 0 aliphatic carbocycles. The molecule has 16 heavy (non-hydrogen) atoms. The predicted octanol–water partition coefficient (Wildman–Crippen LogP) is 1.49. The van der Waals surface area contributed by atoms with Crippen molar-refractivity contribution in [2.24, 2.45) is 5.92 Å². The molecule has 0 spiro atoms. The van der Waals surface area contributed by atoms with E-state index >= 15 is 0 Å². The summed E-state index contributed by atoms with van der Waals surface area (Å²) in [6.45, 7) is 10.3. The first-order valence-electron chi connectivity index (χ1n) is 6.87. The number of nitrogens with zero attached hydrogens (tertiary/aromatic N) is 1. The topological polar surface area (TPSA) is 24.5 Å². The fraction of sp³-hybridized carbons (Fsp3) is 1.00. The van der Waals surface area contributed by atoms with Crippen molar-refractivity contribution in [1.82, 2.24) is 10.2 Å². The highest BCUT2D eigenvalue weighted by Crippen LogP contribution is 2.20. The van der Waals surface area contributed by atoms with Crippen LogP contribution in [0, 0.1) is 5.92 Å². The van der Waals surface area contributed by atoms with Gasteiger partial charge in [-0.15, -0.1) is 0 Å². The number of ether oxygens (including phenoxy) is 1. The third-order valence-electron chi connectivity index (χ3n) is 4.24. The van der Waals surface area contributed by atoms with E-state index in [1.165, 1.54) is 38.9 Å². The molecule has 0 saturated carbocycles. The summed E-state index contributed by atoms with van der Waals surface area (Å²) in [6, 6.07) is 0.746. The van der Waals surface area contributed by atoms with Gasteiger partial charge in [-0.05, 0) is 51.7 Å². The van der Waals surface area contributed by atoms with Gasteiger partial charge in [-0.1, -0.05) is 6.92 Å². The summed E-state index contributed by atoms with van der Waals surface area (Å²) in [4.78, 5) is 2.54. The fourth-order valence-electron chi connectivity index (χ4n) is 2.82. The summed E-state index contributed by atoms with van der Waals surface area (Å²) in [5, 5.41) is 3.73. The van der Waals surface area contributed by atoms with Crippen molar-refractivity contribution in [2.75, 3.05) is 32.8 Å². The van der Waals surface area contributed by atoms with E-state index in [0.717, 1.165) is 25.1 Å². The van der Waals surface area contributed by atoms with Gasteiger partial charge >= 0.3 is 0 Å². The lowest BCUT2D eigenvalue weighted by atomic mass is 10.00. The van der Waals surface area contributed by atoms with Crippen molar-refractivity contribution >= 4 is 0 Å². The maximum Gasteiger partial charge on any atom is 0.0588 e. The molecule has 0 aromatic rings. The van der Waals surface area contributed by atoms with E-state index < -0.39 is 0 Å². The van der Waals surface area contributed by atoms with Crippen LogP contribution < -0.4 is 5.32 Å². The summed E-state index contributed by atoms with van der Waals surface area (Å²) in [5.41, 5.74) is 0. The van der Waals surface area contributed by atoms with Gasteiger partial charge in [-0.2, -0.15) is 0 Å². The van der Waals surface area contributed by atoms with Gasteiger partial charge in [0.2, 0.25) is 0 Å². The van der Waals surface area contributed by atoms with E-state index in [1.54, 1.807) is 0 Å². The first-order chi connectivity index (χ1) is 7.79. The summed E-state index contributed by atoms with van der Waals surface area (Å²) >= 11 is 0. The van der Waals surface area contributed by atoms with Crippen LogP contribution in [0.1, 0.15) is 33.1 Å². The van der Waals surface area contributed by atoms with E-state index in [1.807, 2.05) is 0 Å². The molecule has 0 radical (unpaired) electrons. The Morgan fingerprint density at radius 1 is 1.25 bits per heavy atom. The fourth-order valence-corrected chi connectivity index (χ4v) is 2.82. The Morgan fingerprint density at radius 2 is 2.00 bits per heavy atom. The van der Waals surface area contributed by atoms with Crippen LogP contribution in [0.2, 0.25) is 0 Å². The van der Waals surface area contributed by atoms with Crippen LogP contribution >= 0.6 is 0 Å². The van der Waals surface area contributed by atoms with Gasteiger partial charge in [-0.3, -0.25) is 0 Å². The molecule has 2 heterocycles. The second kappa shape index (κ2) is 5.99. The quantitative estimate of drug-likeness (QED) is 0.786. The Balaban J connectivity index is 1.63. The van der Waals surface area contributed by atoms with Crippen molar-refractivity contribution in [1.29, 1.82) is 0 Å². The summed E-state index contributed by atoms with van der Waals surface area (Å²) in [5.74, 6) is 0.740. The monoisotopic (exact) mass is 226 g/mol. The van der Waals surface area contributed by atoms with Crippen LogP contribution in [0.5, 0.6) is 0 Å². The van der Waals surface area contributed by atoms with E-state index in [0.29, 0.717) is 6.10 Å². The van der Waals surface area contributed by atoms with Crippen molar-refractivity contribution < 1.29 is 4.74 Å². The van der Waals surface area contributed by atoms with E-state index in [-0.39, 0.29) is 0 Å². The highest BCUT2D eigenvalue weighted by atomic mass is 16.5. The molecule has 3 nitrogen and oxygen atoms in total. The van der Waals surface area contributed by atoms with Gasteiger partial charge in [0.15, 0.2) is 0 Å². The number of likely N-dealkylation sites (tertiary alicyclic amines) is 1. The molecule has 0 amide bonds. The third-order valence-corrected chi connectivity index (χ3v) is 4.24. The van der Waals surface area contributed by atoms with Crippen LogP contribution in [0.15, 0.2) is 0 Å². The van der Waals surface area contributed by atoms with Crippen LogP contribution in [0.25, 0.3) is 0 Å². The molecule has 3 heteroatoms. The zero-order valence-corrected chi connectivity index (χ0v) is 10.7. The average molecular weight is 226 g/mol. The molecule has 2 atom stereocenters. The van der Waals surface area contributed by atoms with Gasteiger partial charge in [0.05, 0.1) is 6.10 Å². The lowest BCUT2D eigenvalue weighted by molar-refractivity contribution is 0.103. The van der Waals surface area contributed by atoms with E-state index in [4.69, 9.17) is 4.74 Å². The van der Waals surface area contributed by atoms with E-state index in [9.17, 15) is 0 Å². The lowest BCUT2D eigenvalue weighted by Gasteiger charge is -2.32. The maximum atomic E-state index is 5.59. The van der Waals surface area contributed by atoms with Crippen LogP contribution in [-0.4, -0.2) is 49.8 Å². The minimum absolute atomic E-state index is 0.461. The highest BCUT2D eigenvalue weighted by Gasteiger charge is 2.25. The smallest absolute Gasteiger partial charge is 0.0588 e. The van der Waals surface area contributed by atoms with Crippen molar-refractivity contribution in [3.05, 3.63) is 0 Å². The Kier molecular flexibility index (Phi) is 4.62. The molecule has 0 aromatic carbocycles. The molecule has 2 saturated heterocycles. The van der Waals surface area contributed by atoms with Crippen LogP contribution in [-0.2, 0) is 4.74 Å². The molecule has 0 aromatic heterocycles. The van der Waals surface area contributed by atoms with Gasteiger partial charge in [0.1, 0.15) is 0 Å². The van der Waals surface area contributed by atoms with Gasteiger partial charge < -0.3 is 15.0 Å². The average Bonchev–Trinajstić information content (AvgIpc) is 2.73. The lowest BCUT2D eigenvalue weighted by Crippen LogP contribution is -2.44. The van der Waals surface area contributed by atoms with Gasteiger partial charge in [0, 0.05) is 19.2 Å². The number of nitrogens with one attached hydrogen (secondary N) is 1. The Hall–Kier alpha value is -0.120. The Bertz CT molecular complexity index is 202. The molecule has 1 N–H and O–H groups in total. The SMILES string of the molecule is CCN1CCC(NCC2CCOC2C)CC1. The Morgan fingerprint density at radius 3 is 2.56 bits per heavy atom. The molecule has 94 valence electrons. The molecule has 2 rings (SSSR count). The normalized spacial score (nSPS) is 33.4. The first-order valence-corrected chi connectivity index (χ1v) is 6.87. The molecule has 2 aliphatic rings. The number of rotatable bonds is 4. The highest BCUT2D eigenvalue weighted by molar-refractivity contribution is 4.80. The third kappa shape index (κ3) is 3.19. The second-order valence-corrected chi connectivity index (χ2v) is 5.24. The largest absolute Gasteiger partial charge is 0.378 e. The molecule has 2 unspecified atom stereocenters. The zero-order valence-electron chi connectivity index (χ0n) is 10.7. The molecular formula is C13H26N2O. The minimum Gasteiger partial charge on any atom is -0.378 e. The van der Waals surface area contributed by atoms with Crippen molar-refractivity contribution in [3.8, 4) is 0 Å². The maximum absolute atomic E-state index is 5.59. The standard InChI is InChI=1S/C13H26N2O/c1-3-15-7-4-13(5-8-15)14-10-12-6-9-16-11(12)2/h11-14H,3-10H2,1-2H3. The van der Waals surface area contributed by atoms with Crippen LogP contribution in [0.3, 0.4) is 0 Å². The second-order valence-electron chi connectivity index (χ2n) is 5.24. The number of piperidine rings is 1. The van der Waals surface area contributed by atoms with Crippen molar-refractivity contribution in [2.45, 2.75) is 45.3 Å². The summed E-state index contributed by atoms with van der Waals surface area (Å²) in [6.07, 6.45) is 4.33. The van der Waals surface area contributed by atoms with Gasteiger partial charge in [-0.25, -0.2) is 0 Å². The zero-order chi connectivity index (χ0) is 11.4. The van der Waals surface area contributed by atoms with E-state index in [2.05, 4.69) is 24.1 Å². The first kappa shape index (κ1) is 12.3. The minimum atomic E-state index is 0.461. The number of hydrogen-bond acceptors (Lipinski definition) is 3. The summed E-state index contributed by atoms with van der Waals surface area (Å²) < 4.78 is 5.59. The molecular weight excluding hydrogens is 200 g/mol. The summed E-state index contributed by atoms with van der Waals surface area (Å²) in [7, 11) is 0. The van der Waals surface area contributed by atoms with Gasteiger partial charge in [0.25, 0.3) is 0 Å². The predicted molar refractivity (Wildman–Crippen MR) is 66.7 cm³/mol.